The predicted octanol–water partition coefficient (Wildman–Crippen LogP) is 2.01. The highest BCUT2D eigenvalue weighted by Crippen LogP contribution is 2.05. The van der Waals surface area contributed by atoms with E-state index in [4.69, 9.17) is 6.42 Å². The SMILES string of the molecule is C#CC(C)(C)NCc1ccn(CC)c1. The molecule has 1 rings (SSSR count). The third-order valence-electron chi connectivity index (χ3n) is 2.27. The molecule has 0 radical (unpaired) electrons. The Labute approximate surface area is 86.3 Å². The fourth-order valence-electron chi connectivity index (χ4n) is 1.17. The normalized spacial score (nSPS) is 11.3. The van der Waals surface area contributed by atoms with Crippen molar-refractivity contribution in [3.8, 4) is 12.3 Å². The van der Waals surface area contributed by atoms with Crippen LogP contribution in [0.2, 0.25) is 0 Å². The highest BCUT2D eigenvalue weighted by molar-refractivity contribution is 5.13. The second-order valence-electron chi connectivity index (χ2n) is 3.97. The molecule has 0 saturated carbocycles. The van der Waals surface area contributed by atoms with Crippen molar-refractivity contribution in [2.24, 2.45) is 0 Å². The smallest absolute Gasteiger partial charge is 0.0743 e. The van der Waals surface area contributed by atoms with E-state index in [1.54, 1.807) is 0 Å². The van der Waals surface area contributed by atoms with Gasteiger partial charge in [-0.15, -0.1) is 6.42 Å². The van der Waals surface area contributed by atoms with Crippen molar-refractivity contribution in [1.29, 1.82) is 0 Å². The van der Waals surface area contributed by atoms with Gasteiger partial charge < -0.3 is 4.57 Å². The summed E-state index contributed by atoms with van der Waals surface area (Å²) in [6.07, 6.45) is 9.61. The summed E-state index contributed by atoms with van der Waals surface area (Å²) < 4.78 is 2.15. The van der Waals surface area contributed by atoms with Gasteiger partial charge in [-0.3, -0.25) is 5.32 Å². The third-order valence-corrected chi connectivity index (χ3v) is 2.27. The zero-order chi connectivity index (χ0) is 10.6. The van der Waals surface area contributed by atoms with E-state index in [0.29, 0.717) is 0 Å². The summed E-state index contributed by atoms with van der Waals surface area (Å²) in [4.78, 5) is 0. The number of rotatable bonds is 4. The van der Waals surface area contributed by atoms with E-state index in [0.717, 1.165) is 13.1 Å². The average Bonchev–Trinajstić information content (AvgIpc) is 2.63. The minimum Gasteiger partial charge on any atom is -0.354 e. The summed E-state index contributed by atoms with van der Waals surface area (Å²) >= 11 is 0. The Morgan fingerprint density at radius 2 is 2.29 bits per heavy atom. The molecule has 1 N–H and O–H groups in total. The summed E-state index contributed by atoms with van der Waals surface area (Å²) in [7, 11) is 0. The highest BCUT2D eigenvalue weighted by Gasteiger charge is 2.11. The Bertz CT molecular complexity index is 328. The molecule has 0 aliphatic heterocycles. The van der Waals surface area contributed by atoms with Crippen molar-refractivity contribution < 1.29 is 0 Å². The van der Waals surface area contributed by atoms with Crippen LogP contribution < -0.4 is 5.32 Å². The van der Waals surface area contributed by atoms with Crippen molar-refractivity contribution in [3.05, 3.63) is 24.0 Å². The van der Waals surface area contributed by atoms with Crippen LogP contribution in [0.4, 0.5) is 0 Å². The predicted molar refractivity (Wildman–Crippen MR) is 59.9 cm³/mol. The maximum absolute atomic E-state index is 5.38. The van der Waals surface area contributed by atoms with Gasteiger partial charge in [0.05, 0.1) is 5.54 Å². The van der Waals surface area contributed by atoms with Crippen molar-refractivity contribution in [1.82, 2.24) is 9.88 Å². The summed E-state index contributed by atoms with van der Waals surface area (Å²) in [5.74, 6) is 2.71. The number of nitrogens with one attached hydrogen (secondary N) is 1. The molecule has 0 saturated heterocycles. The van der Waals surface area contributed by atoms with Crippen LogP contribution >= 0.6 is 0 Å². The van der Waals surface area contributed by atoms with Crippen LogP contribution in [-0.4, -0.2) is 10.1 Å². The Hall–Kier alpha value is -1.20. The van der Waals surface area contributed by atoms with Crippen LogP contribution in [0.1, 0.15) is 26.3 Å². The molecule has 0 aliphatic rings. The second-order valence-corrected chi connectivity index (χ2v) is 3.97. The van der Waals surface area contributed by atoms with Crippen molar-refractivity contribution in [2.45, 2.75) is 39.4 Å². The largest absolute Gasteiger partial charge is 0.354 e. The van der Waals surface area contributed by atoms with Crippen molar-refractivity contribution >= 4 is 0 Å². The zero-order valence-electron chi connectivity index (χ0n) is 9.17. The van der Waals surface area contributed by atoms with Gasteiger partial charge in [0.15, 0.2) is 0 Å². The molecule has 1 aromatic rings. The van der Waals surface area contributed by atoms with E-state index in [-0.39, 0.29) is 5.54 Å². The number of aromatic nitrogens is 1. The number of nitrogens with zero attached hydrogens (tertiary/aromatic N) is 1. The van der Waals surface area contributed by atoms with E-state index in [9.17, 15) is 0 Å². The average molecular weight is 190 g/mol. The molecule has 2 nitrogen and oxygen atoms in total. The van der Waals surface area contributed by atoms with Crippen molar-refractivity contribution in [2.75, 3.05) is 0 Å². The number of aryl methyl sites for hydroxylation is 1. The van der Waals surface area contributed by atoms with Gasteiger partial charge in [0.2, 0.25) is 0 Å². The fourth-order valence-corrected chi connectivity index (χ4v) is 1.17. The van der Waals surface area contributed by atoms with E-state index < -0.39 is 0 Å². The molecule has 0 aliphatic carbocycles. The van der Waals surface area contributed by atoms with Crippen LogP contribution in [0.25, 0.3) is 0 Å². The number of hydrogen-bond acceptors (Lipinski definition) is 1. The molecule has 2 heteroatoms. The molecule has 14 heavy (non-hydrogen) atoms. The maximum Gasteiger partial charge on any atom is 0.0743 e. The molecule has 0 atom stereocenters. The molecule has 0 spiro atoms. The summed E-state index contributed by atoms with van der Waals surface area (Å²) in [6, 6.07) is 2.11. The third kappa shape index (κ3) is 2.93. The lowest BCUT2D eigenvalue weighted by Gasteiger charge is -2.18. The first kappa shape index (κ1) is 10.9. The van der Waals surface area contributed by atoms with E-state index in [1.807, 2.05) is 13.8 Å². The highest BCUT2D eigenvalue weighted by atomic mass is 15.0. The number of terminal acetylenes is 1. The number of hydrogen-bond donors (Lipinski definition) is 1. The molecule has 0 fully saturated rings. The molecule has 1 heterocycles. The molecule has 76 valence electrons. The minimum absolute atomic E-state index is 0.228. The van der Waals surface area contributed by atoms with Gasteiger partial charge in [-0.05, 0) is 32.4 Å². The monoisotopic (exact) mass is 190 g/mol. The Morgan fingerprint density at radius 3 is 2.79 bits per heavy atom. The topological polar surface area (TPSA) is 17.0 Å². The first-order valence-corrected chi connectivity index (χ1v) is 4.95. The second kappa shape index (κ2) is 4.34. The Balaban J connectivity index is 2.50. The van der Waals surface area contributed by atoms with Gasteiger partial charge in [0, 0.05) is 25.5 Å². The van der Waals surface area contributed by atoms with E-state index in [1.165, 1.54) is 5.56 Å². The fraction of sp³-hybridized carbons (Fsp3) is 0.500. The first-order chi connectivity index (χ1) is 6.57. The quantitative estimate of drug-likeness (QED) is 0.719. The zero-order valence-corrected chi connectivity index (χ0v) is 9.17. The summed E-state index contributed by atoms with van der Waals surface area (Å²) in [5, 5.41) is 3.31. The van der Waals surface area contributed by atoms with Crippen LogP contribution in [0, 0.1) is 12.3 Å². The van der Waals surface area contributed by atoms with Crippen LogP contribution in [0.15, 0.2) is 18.5 Å². The molecule has 0 amide bonds. The van der Waals surface area contributed by atoms with Gasteiger partial charge >= 0.3 is 0 Å². The van der Waals surface area contributed by atoms with Crippen LogP contribution in [-0.2, 0) is 13.1 Å². The summed E-state index contributed by atoms with van der Waals surface area (Å²) in [5.41, 5.74) is 1.05. The minimum atomic E-state index is -0.228. The molecule has 1 aromatic heterocycles. The molecule has 0 unspecified atom stereocenters. The Kier molecular flexibility index (Phi) is 3.38. The summed E-state index contributed by atoms with van der Waals surface area (Å²) in [6.45, 7) is 7.97. The molecule has 0 bridgehead atoms. The van der Waals surface area contributed by atoms with Crippen molar-refractivity contribution in [3.63, 3.8) is 0 Å². The van der Waals surface area contributed by atoms with Gasteiger partial charge in [0.1, 0.15) is 0 Å². The van der Waals surface area contributed by atoms with Crippen LogP contribution in [0.3, 0.4) is 0 Å². The lowest BCUT2D eigenvalue weighted by molar-refractivity contribution is 0.490. The molecular formula is C12H18N2. The van der Waals surface area contributed by atoms with Crippen LogP contribution in [0.5, 0.6) is 0 Å². The maximum atomic E-state index is 5.38. The first-order valence-electron chi connectivity index (χ1n) is 4.95. The van der Waals surface area contributed by atoms with Gasteiger partial charge in [0.25, 0.3) is 0 Å². The Morgan fingerprint density at radius 1 is 1.57 bits per heavy atom. The lowest BCUT2D eigenvalue weighted by Crippen LogP contribution is -2.36. The van der Waals surface area contributed by atoms with Gasteiger partial charge in [-0.1, -0.05) is 5.92 Å². The van der Waals surface area contributed by atoms with E-state index >= 15 is 0 Å². The lowest BCUT2D eigenvalue weighted by atomic mass is 10.1. The standard InChI is InChI=1S/C12H18N2/c1-5-12(3,4)13-9-11-7-8-14(6-2)10-11/h1,7-8,10,13H,6,9H2,2-4H3. The van der Waals surface area contributed by atoms with Gasteiger partial charge in [-0.25, -0.2) is 0 Å². The molecule has 0 aromatic carbocycles. The van der Waals surface area contributed by atoms with Gasteiger partial charge in [-0.2, -0.15) is 0 Å². The molecular weight excluding hydrogens is 172 g/mol. The van der Waals surface area contributed by atoms with E-state index in [2.05, 4.69) is 41.2 Å².